The van der Waals surface area contributed by atoms with E-state index in [1.807, 2.05) is 13.1 Å². The Labute approximate surface area is 189 Å². The van der Waals surface area contributed by atoms with E-state index in [1.54, 1.807) is 6.07 Å². The van der Waals surface area contributed by atoms with Gasteiger partial charge in [-0.1, -0.05) is 6.07 Å². The number of amides is 1. The Morgan fingerprint density at radius 3 is 2.55 bits per heavy atom. The van der Waals surface area contributed by atoms with Crippen molar-refractivity contribution < 1.29 is 34.8 Å². The second-order valence-electron chi connectivity index (χ2n) is 9.62. The molecule has 1 aromatic carbocycles. The van der Waals surface area contributed by atoms with Gasteiger partial charge >= 0.3 is 0 Å². The molecule has 4 atom stereocenters. The Bertz CT molecular complexity index is 1180. The normalized spacial score (nSPS) is 32.0. The van der Waals surface area contributed by atoms with Crippen molar-refractivity contribution in [2.75, 3.05) is 13.6 Å². The van der Waals surface area contributed by atoms with Crippen LogP contribution in [0.25, 0.3) is 0 Å². The molecule has 0 aromatic heterocycles. The number of nitrogens with two attached hydrogens (primary N) is 1. The number of phenolic OH excluding ortho intramolecular Hbond substituents is 1. The van der Waals surface area contributed by atoms with Crippen LogP contribution in [0.2, 0.25) is 0 Å². The molecule has 1 aliphatic heterocycles. The number of phenols is 1. The summed E-state index contributed by atoms with van der Waals surface area (Å²) in [6.45, 7) is 0.948. The lowest BCUT2D eigenvalue weighted by atomic mass is 9.60. The number of ketones is 2. The van der Waals surface area contributed by atoms with Crippen LogP contribution in [0, 0.1) is 11.8 Å². The maximum absolute atomic E-state index is 13.4. The number of primary amides is 1. The SMILES string of the molecule is CN1CCCC1c1cc(O)c2c(c1)CC1C[C@H]3CC(O)=C(C(N)=O)C(=O)[C@@]3(O)C(O)=C1C2=O. The number of hydrogen-bond acceptors (Lipinski definition) is 8. The molecule has 0 radical (unpaired) electrons. The Morgan fingerprint density at radius 2 is 1.91 bits per heavy atom. The zero-order valence-electron chi connectivity index (χ0n) is 18.2. The van der Waals surface area contributed by atoms with Gasteiger partial charge in [0.15, 0.2) is 11.4 Å². The monoisotopic (exact) mass is 454 g/mol. The zero-order chi connectivity index (χ0) is 23.8. The molecule has 1 amide bonds. The highest BCUT2D eigenvalue weighted by Gasteiger charge is 2.59. The van der Waals surface area contributed by atoms with Crippen LogP contribution in [0.15, 0.2) is 34.8 Å². The quantitative estimate of drug-likeness (QED) is 0.418. The molecule has 33 heavy (non-hydrogen) atoms. The van der Waals surface area contributed by atoms with Crippen LogP contribution in [-0.4, -0.2) is 62.0 Å². The minimum atomic E-state index is -2.53. The van der Waals surface area contributed by atoms with Gasteiger partial charge in [-0.15, -0.1) is 0 Å². The smallest absolute Gasteiger partial charge is 0.255 e. The molecule has 6 N–H and O–H groups in total. The third kappa shape index (κ3) is 2.88. The van der Waals surface area contributed by atoms with E-state index in [2.05, 4.69) is 4.90 Å². The number of Topliss-reactive ketones (excluding diaryl/α,β-unsaturated/α-hetero) is 2. The fourth-order valence-electron chi connectivity index (χ4n) is 6.19. The van der Waals surface area contributed by atoms with Crippen molar-refractivity contribution in [3.05, 3.63) is 51.5 Å². The van der Waals surface area contributed by atoms with Gasteiger partial charge in [-0.2, -0.15) is 0 Å². The fourth-order valence-corrected chi connectivity index (χ4v) is 6.19. The summed E-state index contributed by atoms with van der Waals surface area (Å²) in [5.41, 5.74) is 3.39. The number of carbonyl (C=O) groups is 3. The maximum atomic E-state index is 13.4. The molecule has 3 aliphatic carbocycles. The van der Waals surface area contributed by atoms with E-state index in [1.165, 1.54) is 0 Å². The Hall–Kier alpha value is -3.17. The van der Waals surface area contributed by atoms with Gasteiger partial charge < -0.3 is 26.2 Å². The minimum absolute atomic E-state index is 0.0519. The number of fused-ring (bicyclic) bond motifs is 3. The molecule has 5 rings (SSSR count). The lowest BCUT2D eigenvalue weighted by molar-refractivity contribution is -0.144. The third-order valence-electron chi connectivity index (χ3n) is 7.80. The summed E-state index contributed by atoms with van der Waals surface area (Å²) in [5.74, 6) is -6.07. The van der Waals surface area contributed by atoms with Crippen molar-refractivity contribution in [1.29, 1.82) is 0 Å². The van der Waals surface area contributed by atoms with Gasteiger partial charge in [-0.25, -0.2) is 0 Å². The van der Waals surface area contributed by atoms with Gasteiger partial charge in [0.25, 0.3) is 5.91 Å². The fraction of sp³-hybridized carbons (Fsp3) is 0.458. The van der Waals surface area contributed by atoms with E-state index in [-0.39, 0.29) is 35.8 Å². The molecule has 1 heterocycles. The number of allylic oxidation sites excluding steroid dienone is 2. The van der Waals surface area contributed by atoms with Crippen molar-refractivity contribution in [2.24, 2.45) is 17.6 Å². The molecular weight excluding hydrogens is 428 g/mol. The van der Waals surface area contributed by atoms with Crippen LogP contribution in [-0.2, 0) is 16.0 Å². The average Bonchev–Trinajstić information content (AvgIpc) is 3.16. The lowest BCUT2D eigenvalue weighted by Crippen LogP contribution is -2.57. The molecular formula is C24H26N2O7. The van der Waals surface area contributed by atoms with Gasteiger partial charge in [-0.3, -0.25) is 19.3 Å². The first kappa shape index (κ1) is 21.7. The largest absolute Gasteiger partial charge is 0.511 e. The summed E-state index contributed by atoms with van der Waals surface area (Å²) < 4.78 is 0. The standard InChI is InChI=1S/C24H26N2O7/c1-26-4-2-3-14(26)10-5-11-6-12-7-13-9-16(28)19(23(25)32)22(31)24(13,33)21(30)18(12)20(29)17(11)15(27)8-10/h5,8,12-14,27-28,30,33H,2-4,6-7,9H2,1H3,(H2,25,32)/t12?,13-,14?,24-/m0/s1. The second-order valence-corrected chi connectivity index (χ2v) is 9.62. The van der Waals surface area contributed by atoms with E-state index >= 15 is 0 Å². The average molecular weight is 454 g/mol. The van der Waals surface area contributed by atoms with E-state index in [0.29, 0.717) is 12.0 Å². The Balaban J connectivity index is 1.61. The number of aliphatic hydroxyl groups is 3. The Morgan fingerprint density at radius 1 is 1.18 bits per heavy atom. The first-order valence-electron chi connectivity index (χ1n) is 11.1. The molecule has 9 nitrogen and oxygen atoms in total. The number of aliphatic hydroxyl groups excluding tert-OH is 2. The van der Waals surface area contributed by atoms with Crippen LogP contribution in [0.3, 0.4) is 0 Å². The van der Waals surface area contributed by atoms with Gasteiger partial charge in [-0.05, 0) is 62.4 Å². The molecule has 0 bridgehead atoms. The topological polar surface area (TPSA) is 161 Å². The van der Waals surface area contributed by atoms with E-state index in [0.717, 1.165) is 24.9 Å². The summed E-state index contributed by atoms with van der Waals surface area (Å²) in [6, 6.07) is 3.63. The summed E-state index contributed by atoms with van der Waals surface area (Å²) in [4.78, 5) is 40.2. The first-order valence-corrected chi connectivity index (χ1v) is 11.1. The predicted molar refractivity (Wildman–Crippen MR) is 115 cm³/mol. The molecule has 1 aromatic rings. The number of carbonyl (C=O) groups excluding carboxylic acids is 3. The predicted octanol–water partition coefficient (Wildman–Crippen LogP) is 1.35. The van der Waals surface area contributed by atoms with Crippen LogP contribution >= 0.6 is 0 Å². The van der Waals surface area contributed by atoms with Crippen LogP contribution in [0.5, 0.6) is 5.75 Å². The molecule has 0 saturated carbocycles. The number of nitrogens with zero attached hydrogens (tertiary/aromatic N) is 1. The van der Waals surface area contributed by atoms with Crippen molar-refractivity contribution >= 4 is 17.5 Å². The van der Waals surface area contributed by atoms with Crippen LogP contribution < -0.4 is 5.73 Å². The maximum Gasteiger partial charge on any atom is 0.255 e. The third-order valence-corrected chi connectivity index (χ3v) is 7.80. The van der Waals surface area contributed by atoms with Gasteiger partial charge in [0.1, 0.15) is 22.8 Å². The van der Waals surface area contributed by atoms with Gasteiger partial charge in [0.05, 0.1) is 5.56 Å². The summed E-state index contributed by atoms with van der Waals surface area (Å²) >= 11 is 0. The van der Waals surface area contributed by atoms with Crippen molar-refractivity contribution in [2.45, 2.75) is 43.7 Å². The van der Waals surface area contributed by atoms with Crippen molar-refractivity contribution in [3.63, 3.8) is 0 Å². The highest BCUT2D eigenvalue weighted by Crippen LogP contribution is 2.51. The van der Waals surface area contributed by atoms with Crippen molar-refractivity contribution in [1.82, 2.24) is 4.90 Å². The van der Waals surface area contributed by atoms with Crippen molar-refractivity contribution in [3.8, 4) is 5.75 Å². The summed E-state index contributed by atoms with van der Waals surface area (Å²) in [5, 5.41) is 43.2. The molecule has 0 spiro atoms. The number of likely N-dealkylation sites (tertiary alicyclic amines) is 1. The number of hydrogen-bond donors (Lipinski definition) is 5. The van der Waals surface area contributed by atoms with Crippen LogP contribution in [0.4, 0.5) is 0 Å². The van der Waals surface area contributed by atoms with Gasteiger partial charge in [0.2, 0.25) is 5.78 Å². The van der Waals surface area contributed by atoms with E-state index in [4.69, 9.17) is 5.73 Å². The summed E-state index contributed by atoms with van der Waals surface area (Å²) in [7, 11) is 2.01. The molecule has 2 unspecified atom stereocenters. The Kier molecular flexibility index (Phi) is 4.70. The highest BCUT2D eigenvalue weighted by molar-refractivity contribution is 6.24. The second kappa shape index (κ2) is 7.16. The van der Waals surface area contributed by atoms with E-state index < -0.39 is 52.0 Å². The van der Waals surface area contributed by atoms with Crippen LogP contribution in [0.1, 0.15) is 53.2 Å². The lowest BCUT2D eigenvalue weighted by Gasteiger charge is -2.45. The minimum Gasteiger partial charge on any atom is -0.511 e. The number of benzene rings is 1. The highest BCUT2D eigenvalue weighted by atomic mass is 16.3. The number of aromatic hydroxyl groups is 1. The molecule has 9 heteroatoms. The molecule has 1 fully saturated rings. The summed E-state index contributed by atoms with van der Waals surface area (Å²) in [6.07, 6.45) is 2.22. The molecule has 4 aliphatic rings. The molecule has 174 valence electrons. The van der Waals surface area contributed by atoms with Gasteiger partial charge in [0, 0.05) is 24.0 Å². The number of rotatable bonds is 2. The first-order chi connectivity index (χ1) is 15.6. The van der Waals surface area contributed by atoms with E-state index in [9.17, 15) is 34.8 Å². The molecule has 1 saturated heterocycles. The zero-order valence-corrected chi connectivity index (χ0v) is 18.2.